The summed E-state index contributed by atoms with van der Waals surface area (Å²) in [7, 11) is -3.72. The van der Waals surface area contributed by atoms with Gasteiger partial charge in [0.05, 0.1) is 16.4 Å². The molecule has 0 aliphatic carbocycles. The number of anilines is 1. The molecule has 0 aliphatic heterocycles. The summed E-state index contributed by atoms with van der Waals surface area (Å²) in [5.41, 5.74) is 0.528. The molecule has 0 unspecified atom stereocenters. The molecular weight excluding hydrogens is 332 g/mol. The molecule has 0 saturated carbocycles. The maximum atomic E-state index is 12.2. The molecule has 0 fully saturated rings. The molecule has 7 nitrogen and oxygen atoms in total. The standard InChI is InChI=1S/C16H16N2O5S/c1-2-9-23-16-8-4-6-14(11-16)17-24(21,22)12-13-5-3-7-15(10-13)18(19)20/h2-8,10-11,17H,1,9,12H2. The van der Waals surface area contributed by atoms with Gasteiger partial charge < -0.3 is 4.74 Å². The number of sulfonamides is 1. The Kier molecular flexibility index (Phi) is 5.54. The zero-order chi connectivity index (χ0) is 17.6. The van der Waals surface area contributed by atoms with Gasteiger partial charge in [-0.3, -0.25) is 14.8 Å². The first-order valence-electron chi connectivity index (χ1n) is 6.97. The smallest absolute Gasteiger partial charge is 0.269 e. The van der Waals surface area contributed by atoms with Gasteiger partial charge in [0, 0.05) is 18.2 Å². The first-order chi connectivity index (χ1) is 11.4. The number of nitro groups is 1. The van der Waals surface area contributed by atoms with E-state index in [0.717, 1.165) is 0 Å². The molecule has 0 atom stereocenters. The third-order valence-corrected chi connectivity index (χ3v) is 4.21. The Morgan fingerprint density at radius 2 is 1.96 bits per heavy atom. The van der Waals surface area contributed by atoms with Crippen LogP contribution in [0.2, 0.25) is 0 Å². The van der Waals surface area contributed by atoms with Crippen molar-refractivity contribution in [3.8, 4) is 5.75 Å². The highest BCUT2D eigenvalue weighted by Gasteiger charge is 2.14. The molecule has 0 aliphatic rings. The van der Waals surface area contributed by atoms with E-state index < -0.39 is 14.9 Å². The molecule has 8 heteroatoms. The van der Waals surface area contributed by atoms with Gasteiger partial charge in [0.25, 0.3) is 5.69 Å². The number of hydrogen-bond acceptors (Lipinski definition) is 5. The molecular formula is C16H16N2O5S. The summed E-state index contributed by atoms with van der Waals surface area (Å²) in [6, 6.07) is 12.0. The summed E-state index contributed by atoms with van der Waals surface area (Å²) < 4.78 is 32.2. The summed E-state index contributed by atoms with van der Waals surface area (Å²) >= 11 is 0. The molecule has 0 amide bonds. The summed E-state index contributed by atoms with van der Waals surface area (Å²) in [5.74, 6) is 0.136. The van der Waals surface area contributed by atoms with E-state index in [0.29, 0.717) is 23.6 Å². The molecule has 0 radical (unpaired) electrons. The van der Waals surface area contributed by atoms with Crippen LogP contribution in [-0.4, -0.2) is 19.9 Å². The zero-order valence-corrected chi connectivity index (χ0v) is 13.5. The topological polar surface area (TPSA) is 98.5 Å². The number of hydrogen-bond donors (Lipinski definition) is 1. The van der Waals surface area contributed by atoms with Gasteiger partial charge in [0.15, 0.2) is 0 Å². The van der Waals surface area contributed by atoms with Crippen molar-refractivity contribution in [1.82, 2.24) is 0 Å². The molecule has 2 aromatic rings. The second kappa shape index (κ2) is 7.60. The normalized spacial score (nSPS) is 10.8. The van der Waals surface area contributed by atoms with Gasteiger partial charge >= 0.3 is 0 Å². The molecule has 0 bridgehead atoms. The number of ether oxygens (including phenoxy) is 1. The van der Waals surface area contributed by atoms with Crippen molar-refractivity contribution >= 4 is 21.4 Å². The second-order valence-corrected chi connectivity index (χ2v) is 6.64. The maximum Gasteiger partial charge on any atom is 0.269 e. The lowest BCUT2D eigenvalue weighted by Gasteiger charge is -2.10. The van der Waals surface area contributed by atoms with Crippen molar-refractivity contribution in [3.05, 3.63) is 76.9 Å². The monoisotopic (exact) mass is 348 g/mol. The zero-order valence-electron chi connectivity index (χ0n) is 12.7. The van der Waals surface area contributed by atoms with E-state index in [1.165, 1.54) is 24.3 Å². The van der Waals surface area contributed by atoms with Gasteiger partial charge in [-0.05, 0) is 17.7 Å². The minimum absolute atomic E-state index is 0.150. The van der Waals surface area contributed by atoms with Crippen LogP contribution in [0.3, 0.4) is 0 Å². The lowest BCUT2D eigenvalue weighted by Crippen LogP contribution is -2.15. The Morgan fingerprint density at radius 3 is 2.67 bits per heavy atom. The minimum atomic E-state index is -3.72. The van der Waals surface area contributed by atoms with Crippen LogP contribution in [0.4, 0.5) is 11.4 Å². The molecule has 126 valence electrons. The van der Waals surface area contributed by atoms with Crippen LogP contribution in [0.25, 0.3) is 0 Å². The number of benzene rings is 2. The first kappa shape index (κ1) is 17.5. The fraction of sp³-hybridized carbons (Fsp3) is 0.125. The molecule has 0 spiro atoms. The first-order valence-corrected chi connectivity index (χ1v) is 8.62. The van der Waals surface area contributed by atoms with Crippen LogP contribution in [0, 0.1) is 10.1 Å². The molecule has 0 heterocycles. The van der Waals surface area contributed by atoms with E-state index >= 15 is 0 Å². The quantitative estimate of drug-likeness (QED) is 0.449. The molecule has 0 saturated heterocycles. The van der Waals surface area contributed by atoms with Gasteiger partial charge in [0.2, 0.25) is 10.0 Å². The van der Waals surface area contributed by atoms with E-state index in [-0.39, 0.29) is 11.4 Å². The predicted molar refractivity (Wildman–Crippen MR) is 91.5 cm³/mol. The van der Waals surface area contributed by atoms with Crippen LogP contribution in [0.5, 0.6) is 5.75 Å². The van der Waals surface area contributed by atoms with Gasteiger partial charge in [-0.25, -0.2) is 8.42 Å². The van der Waals surface area contributed by atoms with Crippen molar-refractivity contribution in [1.29, 1.82) is 0 Å². The van der Waals surface area contributed by atoms with Crippen LogP contribution < -0.4 is 9.46 Å². The second-order valence-electron chi connectivity index (χ2n) is 4.92. The van der Waals surface area contributed by atoms with E-state index in [2.05, 4.69) is 11.3 Å². The summed E-state index contributed by atoms with van der Waals surface area (Å²) in [4.78, 5) is 10.2. The summed E-state index contributed by atoms with van der Waals surface area (Å²) in [6.45, 7) is 3.85. The van der Waals surface area contributed by atoms with Gasteiger partial charge in [0.1, 0.15) is 12.4 Å². The Bertz CT molecular complexity index is 849. The molecule has 1 N–H and O–H groups in total. The highest BCUT2D eigenvalue weighted by atomic mass is 32.2. The maximum absolute atomic E-state index is 12.2. The van der Waals surface area contributed by atoms with Crippen LogP contribution in [0.15, 0.2) is 61.2 Å². The fourth-order valence-electron chi connectivity index (χ4n) is 2.00. The van der Waals surface area contributed by atoms with E-state index in [1.54, 1.807) is 30.3 Å². The van der Waals surface area contributed by atoms with E-state index in [4.69, 9.17) is 4.74 Å². The average Bonchev–Trinajstić information content (AvgIpc) is 2.52. The van der Waals surface area contributed by atoms with Crippen molar-refractivity contribution in [2.24, 2.45) is 0 Å². The average molecular weight is 348 g/mol. The Labute approximate surface area is 139 Å². The van der Waals surface area contributed by atoms with Crippen LogP contribution in [-0.2, 0) is 15.8 Å². The Balaban J connectivity index is 2.12. The number of nitro benzene ring substituents is 1. The fourth-order valence-corrected chi connectivity index (χ4v) is 3.18. The lowest BCUT2D eigenvalue weighted by molar-refractivity contribution is -0.384. The summed E-state index contributed by atoms with van der Waals surface area (Å²) in [6.07, 6.45) is 1.58. The highest BCUT2D eigenvalue weighted by molar-refractivity contribution is 7.91. The number of nitrogens with one attached hydrogen (secondary N) is 1. The number of rotatable bonds is 8. The Morgan fingerprint density at radius 1 is 1.21 bits per heavy atom. The van der Waals surface area contributed by atoms with Crippen molar-refractivity contribution in [3.63, 3.8) is 0 Å². The van der Waals surface area contributed by atoms with Crippen molar-refractivity contribution in [2.75, 3.05) is 11.3 Å². The molecule has 2 aromatic carbocycles. The molecule has 2 rings (SSSR count). The van der Waals surface area contributed by atoms with Crippen molar-refractivity contribution < 1.29 is 18.1 Å². The van der Waals surface area contributed by atoms with Crippen LogP contribution in [0.1, 0.15) is 5.56 Å². The number of non-ortho nitro benzene ring substituents is 1. The predicted octanol–water partition coefficient (Wildman–Crippen LogP) is 3.10. The van der Waals surface area contributed by atoms with Gasteiger partial charge in [-0.1, -0.05) is 30.9 Å². The third kappa shape index (κ3) is 5.10. The SMILES string of the molecule is C=CCOc1cccc(NS(=O)(=O)Cc2cccc([N+](=O)[O-])c2)c1. The third-order valence-electron chi connectivity index (χ3n) is 2.95. The largest absolute Gasteiger partial charge is 0.489 e. The van der Waals surface area contributed by atoms with Gasteiger partial charge in [-0.15, -0.1) is 0 Å². The lowest BCUT2D eigenvalue weighted by atomic mass is 10.2. The van der Waals surface area contributed by atoms with Crippen molar-refractivity contribution in [2.45, 2.75) is 5.75 Å². The molecule has 24 heavy (non-hydrogen) atoms. The minimum Gasteiger partial charge on any atom is -0.489 e. The number of nitrogens with zero attached hydrogens (tertiary/aromatic N) is 1. The van der Waals surface area contributed by atoms with Crippen LogP contribution >= 0.6 is 0 Å². The Hall–Kier alpha value is -2.87. The van der Waals surface area contributed by atoms with E-state index in [1.807, 2.05) is 0 Å². The van der Waals surface area contributed by atoms with Gasteiger partial charge in [-0.2, -0.15) is 0 Å². The summed E-state index contributed by atoms with van der Waals surface area (Å²) in [5, 5.41) is 10.8. The molecule has 0 aromatic heterocycles. The highest BCUT2D eigenvalue weighted by Crippen LogP contribution is 2.20. The van der Waals surface area contributed by atoms with E-state index in [9.17, 15) is 18.5 Å².